The molecule has 3 N–H and O–H groups in total. The quantitative estimate of drug-likeness (QED) is 0.445. The fraction of sp³-hybridized carbons (Fsp3) is 0. The monoisotopic (exact) mass is 276 g/mol. The lowest BCUT2D eigenvalue weighted by atomic mass is 10.2. The number of azide groups is 1. The minimum atomic E-state index is -0.890. The predicted octanol–water partition coefficient (Wildman–Crippen LogP) is 1.82. The Morgan fingerprint density at radius 3 is 2.40 bits per heavy atom. The van der Waals surface area contributed by atoms with Crippen LogP contribution in [0.4, 0.5) is 5.69 Å². The van der Waals surface area contributed by atoms with Gasteiger partial charge < -0.3 is 20.2 Å². The van der Waals surface area contributed by atoms with Crippen LogP contribution in [0, 0.1) is 0 Å². The van der Waals surface area contributed by atoms with E-state index in [0.29, 0.717) is 10.4 Å². The Kier molecular flexibility index (Phi) is 3.36. The molecule has 9 nitrogen and oxygen atoms in total. The summed E-state index contributed by atoms with van der Waals surface area (Å²) >= 11 is 0. The van der Waals surface area contributed by atoms with E-state index < -0.39 is 23.5 Å². The van der Waals surface area contributed by atoms with Crippen molar-refractivity contribution in [1.82, 2.24) is 4.73 Å². The highest BCUT2D eigenvalue weighted by Gasteiger charge is 2.18. The molecule has 1 heterocycles. The minimum Gasteiger partial charge on any atom is -0.503 e. The fourth-order valence-corrected chi connectivity index (χ4v) is 1.40. The van der Waals surface area contributed by atoms with Crippen molar-refractivity contribution in [1.29, 1.82) is 0 Å². The molecule has 20 heavy (non-hydrogen) atoms. The molecule has 0 amide bonds. The smallest absolute Gasteiger partial charge is 0.363 e. The van der Waals surface area contributed by atoms with Gasteiger partial charge in [0.25, 0.3) is 5.88 Å². The van der Waals surface area contributed by atoms with Gasteiger partial charge in [0.1, 0.15) is 0 Å². The van der Waals surface area contributed by atoms with Crippen molar-refractivity contribution in [2.24, 2.45) is 5.11 Å². The second-order valence-corrected chi connectivity index (χ2v) is 3.62. The van der Waals surface area contributed by atoms with Crippen molar-refractivity contribution in [2.45, 2.75) is 0 Å². The third kappa shape index (κ3) is 2.42. The Labute approximate surface area is 111 Å². The lowest BCUT2D eigenvalue weighted by molar-refractivity contribution is 0.0379. The Bertz CT molecular complexity index is 700. The summed E-state index contributed by atoms with van der Waals surface area (Å²) in [4.78, 5) is 19.0. The molecular weight excluding hydrogens is 268 g/mol. The SMILES string of the molecule is [N-]=[N+]=Nc1ccc(C(=O)On2c(O)cc(O)c2O)cc1. The van der Waals surface area contributed by atoms with E-state index in [-0.39, 0.29) is 5.56 Å². The van der Waals surface area contributed by atoms with Crippen LogP contribution in [0.1, 0.15) is 10.4 Å². The van der Waals surface area contributed by atoms with E-state index in [1.807, 2.05) is 0 Å². The second-order valence-electron chi connectivity index (χ2n) is 3.62. The Morgan fingerprint density at radius 2 is 1.90 bits per heavy atom. The molecule has 0 bridgehead atoms. The molecule has 2 rings (SSSR count). The number of carbonyl (C=O) groups excluding carboxylic acids is 1. The van der Waals surface area contributed by atoms with Crippen LogP contribution in [0.15, 0.2) is 35.4 Å². The Balaban J connectivity index is 2.21. The maximum atomic E-state index is 11.7. The molecule has 1 aromatic carbocycles. The largest absolute Gasteiger partial charge is 0.503 e. The van der Waals surface area contributed by atoms with Crippen molar-refractivity contribution in [3.8, 4) is 17.5 Å². The molecule has 0 saturated carbocycles. The zero-order valence-corrected chi connectivity index (χ0v) is 9.83. The maximum absolute atomic E-state index is 11.7. The van der Waals surface area contributed by atoms with Gasteiger partial charge >= 0.3 is 5.97 Å². The molecule has 0 aliphatic heterocycles. The summed E-state index contributed by atoms with van der Waals surface area (Å²) in [7, 11) is 0. The summed E-state index contributed by atoms with van der Waals surface area (Å²) in [5, 5.41) is 31.1. The van der Waals surface area contributed by atoms with E-state index in [4.69, 9.17) is 15.5 Å². The zero-order valence-electron chi connectivity index (χ0n) is 9.83. The highest BCUT2D eigenvalue weighted by Crippen LogP contribution is 2.31. The molecule has 0 saturated heterocycles. The Morgan fingerprint density at radius 1 is 1.25 bits per heavy atom. The van der Waals surface area contributed by atoms with Gasteiger partial charge in [-0.1, -0.05) is 17.2 Å². The third-order valence-electron chi connectivity index (χ3n) is 2.33. The van der Waals surface area contributed by atoms with Gasteiger partial charge in [0, 0.05) is 16.7 Å². The van der Waals surface area contributed by atoms with Gasteiger partial charge in [0.2, 0.25) is 5.88 Å². The molecule has 9 heteroatoms. The Hall–Kier alpha value is -3.32. The van der Waals surface area contributed by atoms with Crippen LogP contribution in [0.2, 0.25) is 0 Å². The summed E-state index contributed by atoms with van der Waals surface area (Å²) in [5.74, 6) is -2.96. The second kappa shape index (κ2) is 5.12. The predicted molar refractivity (Wildman–Crippen MR) is 65.6 cm³/mol. The van der Waals surface area contributed by atoms with E-state index in [2.05, 4.69) is 10.0 Å². The third-order valence-corrected chi connectivity index (χ3v) is 2.33. The van der Waals surface area contributed by atoms with E-state index in [1.165, 1.54) is 24.3 Å². The molecule has 0 fully saturated rings. The lowest BCUT2D eigenvalue weighted by Gasteiger charge is -2.06. The van der Waals surface area contributed by atoms with Crippen molar-refractivity contribution in [3.05, 3.63) is 46.3 Å². The highest BCUT2D eigenvalue weighted by atomic mass is 16.7. The number of benzene rings is 1. The van der Waals surface area contributed by atoms with Crippen LogP contribution in [0.5, 0.6) is 17.5 Å². The average molecular weight is 276 g/mol. The van der Waals surface area contributed by atoms with Crippen molar-refractivity contribution in [3.63, 3.8) is 0 Å². The van der Waals surface area contributed by atoms with Gasteiger partial charge in [-0.05, 0) is 17.7 Å². The topological polar surface area (TPSA) is 141 Å². The highest BCUT2D eigenvalue weighted by molar-refractivity contribution is 5.90. The normalized spacial score (nSPS) is 9.80. The summed E-state index contributed by atoms with van der Waals surface area (Å²) in [6.07, 6.45) is 0. The molecule has 0 spiro atoms. The van der Waals surface area contributed by atoms with Gasteiger partial charge in [-0.25, -0.2) is 4.79 Å². The molecule has 1 aromatic heterocycles. The van der Waals surface area contributed by atoms with Crippen molar-refractivity contribution < 1.29 is 25.0 Å². The molecule has 102 valence electrons. The summed E-state index contributed by atoms with van der Waals surface area (Å²) in [5.41, 5.74) is 8.65. The standard InChI is InChI=1S/C11H8N4O5/c12-14-13-7-3-1-6(2-4-7)11(19)20-15-9(17)5-8(16)10(15)18/h1-5,16-18H. The first kappa shape index (κ1) is 13.1. The number of carbonyl (C=O) groups is 1. The fourth-order valence-electron chi connectivity index (χ4n) is 1.40. The van der Waals surface area contributed by atoms with Gasteiger partial charge in [-0.3, -0.25) is 0 Å². The molecule has 0 aliphatic carbocycles. The van der Waals surface area contributed by atoms with E-state index >= 15 is 0 Å². The van der Waals surface area contributed by atoms with Crippen molar-refractivity contribution in [2.75, 3.05) is 0 Å². The number of aromatic hydroxyl groups is 3. The van der Waals surface area contributed by atoms with E-state index in [1.54, 1.807) is 0 Å². The summed E-state index contributed by atoms with van der Waals surface area (Å²) in [6, 6.07) is 6.27. The first-order chi connectivity index (χ1) is 9.52. The molecule has 0 atom stereocenters. The average Bonchev–Trinajstić information content (AvgIpc) is 2.66. The number of rotatable bonds is 3. The van der Waals surface area contributed by atoms with Crippen molar-refractivity contribution >= 4 is 11.7 Å². The molecule has 0 radical (unpaired) electrons. The molecule has 2 aromatic rings. The molecule has 0 unspecified atom stereocenters. The molecule has 0 aliphatic rings. The van der Waals surface area contributed by atoms with Crippen LogP contribution >= 0.6 is 0 Å². The van der Waals surface area contributed by atoms with Gasteiger partial charge in [-0.2, -0.15) is 0 Å². The summed E-state index contributed by atoms with van der Waals surface area (Å²) in [6.45, 7) is 0. The van der Waals surface area contributed by atoms with Gasteiger partial charge in [0.15, 0.2) is 5.75 Å². The number of aromatic nitrogens is 1. The van der Waals surface area contributed by atoms with Crippen LogP contribution in [-0.4, -0.2) is 26.0 Å². The number of nitrogens with zero attached hydrogens (tertiary/aromatic N) is 4. The number of hydrogen-bond acceptors (Lipinski definition) is 6. The number of hydrogen-bond donors (Lipinski definition) is 3. The maximum Gasteiger partial charge on any atom is 0.363 e. The van der Waals surface area contributed by atoms with E-state index in [9.17, 15) is 15.0 Å². The first-order valence-corrected chi connectivity index (χ1v) is 5.23. The minimum absolute atomic E-state index is 0.0916. The van der Waals surface area contributed by atoms with Gasteiger partial charge in [-0.15, -0.1) is 4.73 Å². The lowest BCUT2D eigenvalue weighted by Crippen LogP contribution is -2.18. The van der Waals surface area contributed by atoms with Crippen LogP contribution in [0.3, 0.4) is 0 Å². The first-order valence-electron chi connectivity index (χ1n) is 5.23. The molecular formula is C11H8N4O5. The van der Waals surface area contributed by atoms with Crippen LogP contribution < -0.4 is 4.84 Å². The summed E-state index contributed by atoms with van der Waals surface area (Å²) < 4.78 is 0.374. The van der Waals surface area contributed by atoms with Crippen LogP contribution in [-0.2, 0) is 0 Å². The van der Waals surface area contributed by atoms with Gasteiger partial charge in [0.05, 0.1) is 5.56 Å². The zero-order chi connectivity index (χ0) is 14.7. The van der Waals surface area contributed by atoms with Crippen LogP contribution in [0.25, 0.3) is 10.4 Å². The van der Waals surface area contributed by atoms with E-state index in [0.717, 1.165) is 6.07 Å².